The Balaban J connectivity index is 1.33. The molecule has 0 saturated heterocycles. The van der Waals surface area contributed by atoms with Crippen LogP contribution in [0, 0.1) is 5.92 Å². The Morgan fingerprint density at radius 3 is 2.12 bits per heavy atom. The molecule has 9 rings (SSSR count). The molecule has 2 atom stereocenters. The summed E-state index contributed by atoms with van der Waals surface area (Å²) < 4.78 is 6.62. The quantitative estimate of drug-likeness (QED) is 0.214. The van der Waals surface area contributed by atoms with Crippen molar-refractivity contribution in [1.82, 2.24) is 0 Å². The molecule has 0 radical (unpaired) electrons. The first-order valence-corrected chi connectivity index (χ1v) is 15.0. The predicted octanol–water partition coefficient (Wildman–Crippen LogP) is 11.1. The lowest BCUT2D eigenvalue weighted by Gasteiger charge is -2.37. The van der Waals surface area contributed by atoms with E-state index in [0.29, 0.717) is 0 Å². The maximum atomic E-state index is 6.62. The lowest BCUT2D eigenvalue weighted by Crippen LogP contribution is -2.23. The minimum absolute atomic E-state index is 0.191. The summed E-state index contributed by atoms with van der Waals surface area (Å²) in [6.45, 7) is 0. The molecule has 0 saturated carbocycles. The first-order chi connectivity index (χ1) is 21.4. The van der Waals surface area contributed by atoms with Crippen LogP contribution in [0.25, 0.3) is 49.4 Å². The Morgan fingerprint density at radius 2 is 1.23 bits per heavy atom. The fraction of sp³-hybridized carbons (Fsp3) is 0.0476. The standard InChI is InChI=1S/C42H28O/c1-2-13-27(14-3-1)29-16-6-7-18-31(29)39-32-19-8-10-21-34(32)40(35-22-11-9-20-33(35)39)36-23-12-24-38-41(36)37-26-25-28-15-4-5-17-30(28)42(37)43-38/h1-26,32,39H. The molecule has 0 spiro atoms. The topological polar surface area (TPSA) is 13.1 Å². The number of benzene rings is 6. The summed E-state index contributed by atoms with van der Waals surface area (Å²) in [6, 6.07) is 48.3. The predicted molar refractivity (Wildman–Crippen MR) is 179 cm³/mol. The van der Waals surface area contributed by atoms with E-state index in [1.165, 1.54) is 60.7 Å². The average Bonchev–Trinajstić information content (AvgIpc) is 3.47. The molecule has 43 heavy (non-hydrogen) atoms. The van der Waals surface area contributed by atoms with E-state index < -0.39 is 0 Å². The molecule has 0 bridgehead atoms. The Morgan fingerprint density at radius 1 is 0.512 bits per heavy atom. The molecule has 6 aromatic carbocycles. The molecule has 2 aliphatic carbocycles. The zero-order chi connectivity index (χ0) is 28.3. The summed E-state index contributed by atoms with van der Waals surface area (Å²) in [7, 11) is 0. The van der Waals surface area contributed by atoms with E-state index in [-0.39, 0.29) is 11.8 Å². The molecule has 1 nitrogen and oxygen atoms in total. The lowest BCUT2D eigenvalue weighted by atomic mass is 9.65. The number of fused-ring (bicyclic) bond motifs is 7. The van der Waals surface area contributed by atoms with E-state index in [1.807, 2.05) is 0 Å². The molecular formula is C42H28O. The highest BCUT2D eigenvalue weighted by Crippen LogP contribution is 2.53. The van der Waals surface area contributed by atoms with Crippen LogP contribution >= 0.6 is 0 Å². The molecule has 0 fully saturated rings. The fourth-order valence-corrected chi connectivity index (χ4v) is 7.52. The second-order valence-corrected chi connectivity index (χ2v) is 11.6. The molecule has 0 aliphatic heterocycles. The van der Waals surface area contributed by atoms with E-state index in [1.54, 1.807) is 0 Å². The average molecular weight is 549 g/mol. The van der Waals surface area contributed by atoms with Gasteiger partial charge in [-0.2, -0.15) is 0 Å². The zero-order valence-corrected chi connectivity index (χ0v) is 23.6. The largest absolute Gasteiger partial charge is 0.455 e. The van der Waals surface area contributed by atoms with Gasteiger partial charge >= 0.3 is 0 Å². The van der Waals surface area contributed by atoms with Gasteiger partial charge in [-0.1, -0.05) is 146 Å². The van der Waals surface area contributed by atoms with Gasteiger partial charge in [0.2, 0.25) is 0 Å². The van der Waals surface area contributed by atoms with E-state index in [9.17, 15) is 0 Å². The Labute approximate surface area is 250 Å². The normalized spacial score (nSPS) is 17.5. The van der Waals surface area contributed by atoms with Crippen molar-refractivity contribution in [1.29, 1.82) is 0 Å². The SMILES string of the molecule is C1=CC2=C(c3cccc4oc5c6ccccc6ccc5c34)c3ccccc3C(c3ccccc3-c3ccccc3)C2C=C1. The molecule has 1 heterocycles. The first kappa shape index (κ1) is 24.2. The van der Waals surface area contributed by atoms with Crippen molar-refractivity contribution < 1.29 is 4.42 Å². The van der Waals surface area contributed by atoms with Crippen LogP contribution in [-0.2, 0) is 0 Å². The molecule has 2 aliphatic rings. The van der Waals surface area contributed by atoms with Crippen molar-refractivity contribution in [2.24, 2.45) is 5.92 Å². The van der Waals surface area contributed by atoms with Crippen LogP contribution in [0.5, 0.6) is 0 Å². The second-order valence-electron chi connectivity index (χ2n) is 11.6. The van der Waals surface area contributed by atoms with Gasteiger partial charge in [0, 0.05) is 28.0 Å². The van der Waals surface area contributed by atoms with E-state index in [2.05, 4.69) is 158 Å². The van der Waals surface area contributed by atoms with Gasteiger partial charge in [-0.15, -0.1) is 0 Å². The number of hydrogen-bond acceptors (Lipinski definition) is 1. The van der Waals surface area contributed by atoms with Gasteiger partial charge in [0.05, 0.1) is 0 Å². The van der Waals surface area contributed by atoms with Gasteiger partial charge in [-0.3, -0.25) is 0 Å². The molecule has 1 aromatic heterocycles. The number of hydrogen-bond donors (Lipinski definition) is 0. The van der Waals surface area contributed by atoms with Gasteiger partial charge in [0.15, 0.2) is 0 Å². The van der Waals surface area contributed by atoms with Crippen molar-refractivity contribution in [2.45, 2.75) is 5.92 Å². The Kier molecular flexibility index (Phi) is 5.39. The van der Waals surface area contributed by atoms with Gasteiger partial charge in [0.1, 0.15) is 11.2 Å². The van der Waals surface area contributed by atoms with Crippen molar-refractivity contribution in [3.8, 4) is 11.1 Å². The highest BCUT2D eigenvalue weighted by molar-refractivity contribution is 6.18. The summed E-state index contributed by atoms with van der Waals surface area (Å²) in [5.41, 5.74) is 12.3. The van der Waals surface area contributed by atoms with E-state index in [4.69, 9.17) is 4.42 Å². The van der Waals surface area contributed by atoms with E-state index in [0.717, 1.165) is 16.6 Å². The molecule has 202 valence electrons. The summed E-state index contributed by atoms with van der Waals surface area (Å²) in [6.07, 6.45) is 9.16. The van der Waals surface area contributed by atoms with Crippen molar-refractivity contribution in [2.75, 3.05) is 0 Å². The molecule has 1 heteroatoms. The van der Waals surface area contributed by atoms with E-state index >= 15 is 0 Å². The van der Waals surface area contributed by atoms with Gasteiger partial charge in [-0.05, 0) is 62.0 Å². The Bertz CT molecular complexity index is 2290. The van der Waals surface area contributed by atoms with Crippen LogP contribution in [-0.4, -0.2) is 0 Å². The number of allylic oxidation sites excluding steroid dienone is 5. The molecule has 0 amide bonds. The summed E-state index contributed by atoms with van der Waals surface area (Å²) in [4.78, 5) is 0. The van der Waals surface area contributed by atoms with Crippen LogP contribution in [0.15, 0.2) is 168 Å². The minimum Gasteiger partial charge on any atom is -0.455 e. The minimum atomic E-state index is 0.191. The van der Waals surface area contributed by atoms with Gasteiger partial charge in [0.25, 0.3) is 0 Å². The third-order valence-corrected chi connectivity index (χ3v) is 9.31. The number of furan rings is 1. The smallest absolute Gasteiger partial charge is 0.143 e. The highest BCUT2D eigenvalue weighted by atomic mass is 16.3. The first-order valence-electron chi connectivity index (χ1n) is 15.0. The highest BCUT2D eigenvalue weighted by Gasteiger charge is 2.37. The molecule has 2 unspecified atom stereocenters. The van der Waals surface area contributed by atoms with Crippen LogP contribution in [0.2, 0.25) is 0 Å². The maximum Gasteiger partial charge on any atom is 0.143 e. The van der Waals surface area contributed by atoms with Crippen molar-refractivity contribution >= 4 is 38.3 Å². The van der Waals surface area contributed by atoms with Crippen molar-refractivity contribution in [3.63, 3.8) is 0 Å². The van der Waals surface area contributed by atoms with Crippen LogP contribution in [0.1, 0.15) is 28.2 Å². The summed E-state index contributed by atoms with van der Waals surface area (Å²) in [5.74, 6) is 0.394. The van der Waals surface area contributed by atoms with Gasteiger partial charge in [-0.25, -0.2) is 0 Å². The third-order valence-electron chi connectivity index (χ3n) is 9.31. The summed E-state index contributed by atoms with van der Waals surface area (Å²) >= 11 is 0. The molecule has 0 N–H and O–H groups in total. The van der Waals surface area contributed by atoms with Crippen LogP contribution < -0.4 is 0 Å². The maximum absolute atomic E-state index is 6.62. The molecular weight excluding hydrogens is 520 g/mol. The third kappa shape index (κ3) is 3.65. The zero-order valence-electron chi connectivity index (χ0n) is 23.6. The van der Waals surface area contributed by atoms with Crippen LogP contribution in [0.3, 0.4) is 0 Å². The Hall–Kier alpha value is -5.40. The fourth-order valence-electron chi connectivity index (χ4n) is 7.52. The molecule has 7 aromatic rings. The lowest BCUT2D eigenvalue weighted by molar-refractivity contribution is 0.650. The summed E-state index contributed by atoms with van der Waals surface area (Å²) in [5, 5.41) is 4.70. The number of rotatable bonds is 3. The monoisotopic (exact) mass is 548 g/mol. The van der Waals surface area contributed by atoms with Crippen LogP contribution in [0.4, 0.5) is 0 Å². The second kappa shape index (κ2) is 9.58. The van der Waals surface area contributed by atoms with Crippen molar-refractivity contribution in [3.05, 3.63) is 186 Å². The van der Waals surface area contributed by atoms with Gasteiger partial charge < -0.3 is 4.42 Å².